The average Bonchev–Trinajstić information content (AvgIpc) is 2.29. The van der Waals surface area contributed by atoms with Crippen molar-refractivity contribution in [1.29, 1.82) is 0 Å². The zero-order valence-corrected chi connectivity index (χ0v) is 12.0. The SMILES string of the molecule is CC(C)(N)CN1CCC(c2ncccc2Cl)CC1. The second kappa shape index (κ2) is 5.55. The van der Waals surface area contributed by atoms with Crippen molar-refractivity contribution in [2.45, 2.75) is 38.1 Å². The summed E-state index contributed by atoms with van der Waals surface area (Å²) in [4.78, 5) is 6.86. The third kappa shape index (κ3) is 3.67. The van der Waals surface area contributed by atoms with Crippen LogP contribution in [0.4, 0.5) is 0 Å². The molecule has 2 rings (SSSR count). The quantitative estimate of drug-likeness (QED) is 0.916. The van der Waals surface area contributed by atoms with Crippen molar-refractivity contribution in [3.63, 3.8) is 0 Å². The highest BCUT2D eigenvalue weighted by atomic mass is 35.5. The van der Waals surface area contributed by atoms with Crippen molar-refractivity contribution in [3.8, 4) is 0 Å². The molecule has 0 radical (unpaired) electrons. The van der Waals surface area contributed by atoms with Gasteiger partial charge in [-0.3, -0.25) is 4.98 Å². The van der Waals surface area contributed by atoms with Crippen LogP contribution in [0.15, 0.2) is 18.3 Å². The Bertz CT molecular complexity index is 392. The zero-order valence-electron chi connectivity index (χ0n) is 11.2. The molecule has 0 atom stereocenters. The van der Waals surface area contributed by atoms with Crippen molar-refractivity contribution in [3.05, 3.63) is 29.0 Å². The van der Waals surface area contributed by atoms with Crippen LogP contribution in [-0.4, -0.2) is 35.1 Å². The Morgan fingerprint density at radius 1 is 1.44 bits per heavy atom. The number of likely N-dealkylation sites (tertiary alicyclic amines) is 1. The van der Waals surface area contributed by atoms with Gasteiger partial charge in [0, 0.05) is 24.2 Å². The molecule has 1 fully saturated rings. The molecule has 1 aromatic rings. The largest absolute Gasteiger partial charge is 0.324 e. The summed E-state index contributed by atoms with van der Waals surface area (Å²) < 4.78 is 0. The number of pyridine rings is 1. The molecule has 0 aliphatic carbocycles. The first kappa shape index (κ1) is 13.8. The van der Waals surface area contributed by atoms with Crippen LogP contribution in [0.3, 0.4) is 0 Å². The van der Waals surface area contributed by atoms with Crippen LogP contribution in [0.2, 0.25) is 5.02 Å². The fraction of sp³-hybridized carbons (Fsp3) is 0.643. The number of hydrogen-bond acceptors (Lipinski definition) is 3. The molecule has 3 nitrogen and oxygen atoms in total. The van der Waals surface area contributed by atoms with Crippen LogP contribution >= 0.6 is 11.6 Å². The normalized spacial score (nSPS) is 19.1. The summed E-state index contributed by atoms with van der Waals surface area (Å²) in [6.45, 7) is 7.27. The third-order valence-electron chi connectivity index (χ3n) is 3.39. The number of aromatic nitrogens is 1. The highest BCUT2D eigenvalue weighted by Gasteiger charge is 2.25. The van der Waals surface area contributed by atoms with E-state index in [4.69, 9.17) is 17.3 Å². The van der Waals surface area contributed by atoms with Crippen LogP contribution < -0.4 is 5.73 Å². The summed E-state index contributed by atoms with van der Waals surface area (Å²) >= 11 is 6.20. The molecule has 2 N–H and O–H groups in total. The van der Waals surface area contributed by atoms with Gasteiger partial charge in [-0.2, -0.15) is 0 Å². The van der Waals surface area contributed by atoms with Crippen molar-refractivity contribution >= 4 is 11.6 Å². The topological polar surface area (TPSA) is 42.1 Å². The number of piperidine rings is 1. The Balaban J connectivity index is 1.93. The van der Waals surface area contributed by atoms with Gasteiger partial charge >= 0.3 is 0 Å². The maximum absolute atomic E-state index is 6.20. The van der Waals surface area contributed by atoms with Crippen LogP contribution in [0.25, 0.3) is 0 Å². The molecule has 100 valence electrons. The molecule has 0 bridgehead atoms. The summed E-state index contributed by atoms with van der Waals surface area (Å²) in [5.41, 5.74) is 7.01. The van der Waals surface area contributed by atoms with E-state index in [1.165, 1.54) is 0 Å². The minimum Gasteiger partial charge on any atom is -0.324 e. The summed E-state index contributed by atoms with van der Waals surface area (Å²) in [7, 11) is 0. The molecular formula is C14H22ClN3. The average molecular weight is 268 g/mol. The Morgan fingerprint density at radius 3 is 2.67 bits per heavy atom. The van der Waals surface area contributed by atoms with E-state index in [0.717, 1.165) is 43.2 Å². The van der Waals surface area contributed by atoms with Crippen molar-refractivity contribution in [1.82, 2.24) is 9.88 Å². The highest BCUT2D eigenvalue weighted by Crippen LogP contribution is 2.31. The Kier molecular flexibility index (Phi) is 4.25. The summed E-state index contributed by atoms with van der Waals surface area (Å²) in [6.07, 6.45) is 4.07. The third-order valence-corrected chi connectivity index (χ3v) is 3.71. The number of hydrogen-bond donors (Lipinski definition) is 1. The van der Waals surface area contributed by atoms with E-state index in [-0.39, 0.29) is 5.54 Å². The van der Waals surface area contributed by atoms with E-state index >= 15 is 0 Å². The maximum Gasteiger partial charge on any atom is 0.0624 e. The predicted octanol–water partition coefficient (Wildman–Crippen LogP) is 2.65. The van der Waals surface area contributed by atoms with Gasteiger partial charge in [-0.1, -0.05) is 11.6 Å². The molecule has 0 unspecified atom stereocenters. The minimum absolute atomic E-state index is 0.116. The second-order valence-electron chi connectivity index (χ2n) is 5.91. The molecule has 0 saturated carbocycles. The lowest BCUT2D eigenvalue weighted by Gasteiger charge is -2.35. The molecule has 0 spiro atoms. The minimum atomic E-state index is -0.116. The predicted molar refractivity (Wildman–Crippen MR) is 75.9 cm³/mol. The van der Waals surface area contributed by atoms with Gasteiger partial charge in [-0.15, -0.1) is 0 Å². The van der Waals surface area contributed by atoms with Gasteiger partial charge in [0.15, 0.2) is 0 Å². The molecule has 2 heterocycles. The van der Waals surface area contributed by atoms with Gasteiger partial charge in [-0.25, -0.2) is 0 Å². The van der Waals surface area contributed by atoms with Crippen molar-refractivity contribution in [2.75, 3.05) is 19.6 Å². The van der Waals surface area contributed by atoms with Gasteiger partial charge < -0.3 is 10.6 Å². The molecule has 1 aromatic heterocycles. The van der Waals surface area contributed by atoms with Crippen LogP contribution in [0.1, 0.15) is 38.3 Å². The molecule has 4 heteroatoms. The molecule has 1 saturated heterocycles. The molecule has 18 heavy (non-hydrogen) atoms. The fourth-order valence-corrected chi connectivity index (χ4v) is 2.91. The first-order chi connectivity index (χ1) is 8.46. The fourth-order valence-electron chi connectivity index (χ4n) is 2.64. The summed E-state index contributed by atoms with van der Waals surface area (Å²) in [6, 6.07) is 3.82. The number of nitrogens with zero attached hydrogens (tertiary/aromatic N) is 2. The monoisotopic (exact) mass is 267 g/mol. The summed E-state index contributed by atoms with van der Waals surface area (Å²) in [5, 5.41) is 0.801. The summed E-state index contributed by atoms with van der Waals surface area (Å²) in [5.74, 6) is 0.496. The number of rotatable bonds is 3. The molecule has 1 aliphatic heterocycles. The first-order valence-corrected chi connectivity index (χ1v) is 6.95. The lowest BCUT2D eigenvalue weighted by atomic mass is 9.92. The zero-order chi connectivity index (χ0) is 13.2. The Hall–Kier alpha value is -0.640. The Labute approximate surface area is 114 Å². The van der Waals surface area contributed by atoms with Crippen LogP contribution in [-0.2, 0) is 0 Å². The molecule has 0 aromatic carbocycles. The van der Waals surface area contributed by atoms with Gasteiger partial charge in [-0.05, 0) is 51.9 Å². The lowest BCUT2D eigenvalue weighted by Crippen LogP contribution is -2.47. The van der Waals surface area contributed by atoms with Gasteiger partial charge in [0.2, 0.25) is 0 Å². The number of halogens is 1. The van der Waals surface area contributed by atoms with E-state index < -0.39 is 0 Å². The van der Waals surface area contributed by atoms with Crippen molar-refractivity contribution < 1.29 is 0 Å². The van der Waals surface area contributed by atoms with E-state index in [0.29, 0.717) is 5.92 Å². The van der Waals surface area contributed by atoms with Crippen molar-refractivity contribution in [2.24, 2.45) is 5.73 Å². The standard InChI is InChI=1S/C14H22ClN3/c1-14(2,16)10-18-8-5-11(6-9-18)13-12(15)4-3-7-17-13/h3-4,7,11H,5-6,8-10,16H2,1-2H3. The molecule has 0 amide bonds. The van der Waals surface area contributed by atoms with Crippen LogP contribution in [0.5, 0.6) is 0 Å². The van der Waals surface area contributed by atoms with E-state index in [1.54, 1.807) is 0 Å². The molecular weight excluding hydrogens is 246 g/mol. The molecule has 1 aliphatic rings. The van der Waals surface area contributed by atoms with Gasteiger partial charge in [0.05, 0.1) is 10.7 Å². The van der Waals surface area contributed by atoms with E-state index in [2.05, 4.69) is 23.7 Å². The van der Waals surface area contributed by atoms with Gasteiger partial charge in [0.1, 0.15) is 0 Å². The first-order valence-electron chi connectivity index (χ1n) is 6.57. The second-order valence-corrected chi connectivity index (χ2v) is 6.32. The van der Waals surface area contributed by atoms with Crippen LogP contribution in [0, 0.1) is 0 Å². The van der Waals surface area contributed by atoms with E-state index in [9.17, 15) is 0 Å². The highest BCUT2D eigenvalue weighted by molar-refractivity contribution is 6.31. The Morgan fingerprint density at radius 2 is 2.11 bits per heavy atom. The maximum atomic E-state index is 6.20. The van der Waals surface area contributed by atoms with E-state index in [1.807, 2.05) is 18.3 Å². The lowest BCUT2D eigenvalue weighted by molar-refractivity contribution is 0.178. The number of nitrogens with two attached hydrogens (primary N) is 1. The van der Waals surface area contributed by atoms with Gasteiger partial charge in [0.25, 0.3) is 0 Å². The smallest absolute Gasteiger partial charge is 0.0624 e.